The SMILES string of the molecule is Br.C[C@H](Oc1nc2c(F)c(-c3cccc(Cl)c3Cl)c(CCC#N)cc2c2c1c(=O)c(Br)cn2[C@H]1[C@@H]2C[C@H]1N(C(=O)OC(C)(C)C)C2)[C@@H]1CCCN1C. The molecule has 4 fully saturated rings. The standard InChI is InChI=1S/C38H39BrCl2FN5O4.BrH/c1-19(26-12-8-14-45(26)5)50-36-29-34(47(18-24(39)35(29)48)33-21-16-27(33)46(17-21)37(49)51-38(2,3)4)23-15-20(9-7-13-43)28(31(42)32(23)44-36)22-10-6-11-25(40)30(22)41;/h6,10-11,15,18-19,21,26-27,33H,7-9,12,14,16-17H2,1-5H3;1H/t19-,21+,26-,27+,33-;/m0./s1. The van der Waals surface area contributed by atoms with E-state index in [0.717, 1.165) is 25.8 Å². The molecule has 1 amide bonds. The summed E-state index contributed by atoms with van der Waals surface area (Å²) in [6.07, 6.45) is 4.02. The zero-order chi connectivity index (χ0) is 36.5. The molecule has 52 heavy (non-hydrogen) atoms. The quantitative estimate of drug-likeness (QED) is 0.171. The number of nitrogens with zero attached hydrogens (tertiary/aromatic N) is 5. The number of hydrogen-bond acceptors (Lipinski definition) is 7. The third kappa shape index (κ3) is 6.70. The number of nitriles is 1. The number of likely N-dealkylation sites (tertiary alicyclic amines) is 1. The van der Waals surface area contributed by atoms with E-state index >= 15 is 4.39 Å². The Balaban J connectivity index is 0.00000464. The molecule has 8 rings (SSSR count). The van der Waals surface area contributed by atoms with Crippen LogP contribution in [0.1, 0.15) is 65.0 Å². The van der Waals surface area contributed by atoms with Gasteiger partial charge in [0, 0.05) is 47.6 Å². The Bertz CT molecular complexity index is 2190. The second kappa shape index (κ2) is 14.7. The largest absolute Gasteiger partial charge is 0.472 e. The van der Waals surface area contributed by atoms with E-state index < -0.39 is 11.4 Å². The molecule has 3 aliphatic heterocycles. The lowest BCUT2D eigenvalue weighted by Crippen LogP contribution is -2.44. The third-order valence-electron chi connectivity index (χ3n) is 10.5. The molecule has 9 nitrogen and oxygen atoms in total. The highest BCUT2D eigenvalue weighted by atomic mass is 79.9. The van der Waals surface area contributed by atoms with Gasteiger partial charge in [-0.05, 0) is 101 Å². The Morgan fingerprint density at radius 1 is 1.27 bits per heavy atom. The summed E-state index contributed by atoms with van der Waals surface area (Å²) in [6.45, 7) is 8.87. The molecule has 276 valence electrons. The summed E-state index contributed by atoms with van der Waals surface area (Å²) < 4.78 is 32.0. The Morgan fingerprint density at radius 3 is 2.69 bits per heavy atom. The van der Waals surface area contributed by atoms with Gasteiger partial charge in [0.15, 0.2) is 5.82 Å². The first-order valence-corrected chi connectivity index (χ1v) is 18.8. The summed E-state index contributed by atoms with van der Waals surface area (Å²) in [5.41, 5.74) is 0.555. The van der Waals surface area contributed by atoms with Gasteiger partial charge in [-0.25, -0.2) is 14.2 Å². The van der Waals surface area contributed by atoms with Gasteiger partial charge in [-0.2, -0.15) is 5.26 Å². The predicted molar refractivity (Wildman–Crippen MR) is 210 cm³/mol. The van der Waals surface area contributed by atoms with Crippen molar-refractivity contribution in [3.8, 4) is 23.1 Å². The Morgan fingerprint density at radius 2 is 2.02 bits per heavy atom. The lowest BCUT2D eigenvalue weighted by Gasteiger charge is -2.39. The second-order valence-corrected chi connectivity index (χ2v) is 16.6. The van der Waals surface area contributed by atoms with E-state index in [1.807, 2.05) is 45.4 Å². The number of aryl methyl sites for hydroxylation is 1. The molecular formula is C38H40Br2Cl2FN5O4. The van der Waals surface area contributed by atoms with E-state index in [-0.39, 0.29) is 104 Å². The first-order valence-electron chi connectivity index (χ1n) is 17.3. The molecule has 3 saturated heterocycles. The highest BCUT2D eigenvalue weighted by Crippen LogP contribution is 2.52. The number of rotatable bonds is 7. The molecule has 0 radical (unpaired) electrons. The van der Waals surface area contributed by atoms with Crippen molar-refractivity contribution < 1.29 is 18.7 Å². The van der Waals surface area contributed by atoms with Crippen molar-refractivity contribution in [3.05, 3.63) is 66.6 Å². The average Bonchev–Trinajstić information content (AvgIpc) is 3.79. The predicted octanol–water partition coefficient (Wildman–Crippen LogP) is 9.50. The minimum Gasteiger partial charge on any atom is -0.472 e. The van der Waals surface area contributed by atoms with Gasteiger partial charge in [-0.1, -0.05) is 35.3 Å². The number of carbonyl (C=O) groups excluding carboxylic acids is 1. The van der Waals surface area contributed by atoms with Crippen LogP contribution in [0, 0.1) is 23.1 Å². The van der Waals surface area contributed by atoms with Crippen LogP contribution >= 0.6 is 56.1 Å². The molecule has 0 unspecified atom stereocenters. The monoisotopic (exact) mass is 877 g/mol. The Kier molecular flexibility index (Phi) is 11.0. The molecule has 14 heteroatoms. The van der Waals surface area contributed by atoms with E-state index in [4.69, 9.17) is 37.7 Å². The number of benzene rings is 2. The molecule has 4 aromatic rings. The average molecular weight is 880 g/mol. The van der Waals surface area contributed by atoms with Gasteiger partial charge >= 0.3 is 6.09 Å². The number of pyridine rings is 2. The maximum atomic E-state index is 17.4. The summed E-state index contributed by atoms with van der Waals surface area (Å²) >= 11 is 16.6. The summed E-state index contributed by atoms with van der Waals surface area (Å²) in [5, 5.41) is 10.6. The fourth-order valence-corrected chi connectivity index (χ4v) is 9.04. The lowest BCUT2D eigenvalue weighted by atomic mass is 9.79. The van der Waals surface area contributed by atoms with E-state index in [1.165, 1.54) is 0 Å². The lowest BCUT2D eigenvalue weighted by molar-refractivity contribution is 0.0210. The van der Waals surface area contributed by atoms with Gasteiger partial charge in [0.2, 0.25) is 11.3 Å². The summed E-state index contributed by atoms with van der Waals surface area (Å²) in [5.74, 6) is -0.546. The maximum Gasteiger partial charge on any atom is 0.410 e. The Labute approximate surface area is 330 Å². The normalized spacial score (nSPS) is 21.9. The van der Waals surface area contributed by atoms with Gasteiger partial charge in [0.25, 0.3) is 0 Å². The topological polar surface area (TPSA) is 101 Å². The number of fused-ring (bicyclic) bond motifs is 4. The van der Waals surface area contributed by atoms with Crippen molar-refractivity contribution in [1.29, 1.82) is 5.26 Å². The summed E-state index contributed by atoms with van der Waals surface area (Å²) in [6, 6.07) is 8.65. The molecule has 4 aliphatic rings. The van der Waals surface area contributed by atoms with Crippen molar-refractivity contribution in [2.75, 3.05) is 20.1 Å². The summed E-state index contributed by atoms with van der Waals surface area (Å²) in [4.78, 5) is 36.3. The van der Waals surface area contributed by atoms with Crippen LogP contribution in [0.2, 0.25) is 10.0 Å². The van der Waals surface area contributed by atoms with Crippen LogP contribution in [0.5, 0.6) is 5.88 Å². The minimum absolute atomic E-state index is 0. The van der Waals surface area contributed by atoms with Crippen LogP contribution in [0.4, 0.5) is 9.18 Å². The number of likely N-dealkylation sites (N-methyl/N-ethyl adjacent to an activating group) is 1. The molecule has 5 atom stereocenters. The fraction of sp³-hybridized carbons (Fsp3) is 0.474. The number of halogens is 5. The van der Waals surface area contributed by atoms with Crippen molar-refractivity contribution in [2.45, 2.75) is 89.6 Å². The zero-order valence-electron chi connectivity index (χ0n) is 29.5. The maximum absolute atomic E-state index is 17.4. The molecule has 0 spiro atoms. The molecule has 2 aromatic heterocycles. The molecule has 0 N–H and O–H groups in total. The van der Waals surface area contributed by atoms with Crippen LogP contribution in [-0.2, 0) is 11.2 Å². The molecular weight excluding hydrogens is 840 g/mol. The number of aromatic nitrogens is 2. The summed E-state index contributed by atoms with van der Waals surface area (Å²) in [7, 11) is 2.04. The minimum atomic E-state index is -0.661. The van der Waals surface area contributed by atoms with Crippen LogP contribution in [0.15, 0.2) is 39.7 Å². The molecule has 1 aliphatic carbocycles. The number of carbonyl (C=O) groups is 1. The number of ether oxygens (including phenoxy) is 2. The molecule has 2 bridgehead atoms. The zero-order valence-corrected chi connectivity index (χ0v) is 34.3. The number of amides is 1. The van der Waals surface area contributed by atoms with Crippen molar-refractivity contribution >= 4 is 84.0 Å². The van der Waals surface area contributed by atoms with E-state index in [9.17, 15) is 14.9 Å². The molecule has 2 aromatic carbocycles. The van der Waals surface area contributed by atoms with E-state index in [1.54, 1.807) is 29.3 Å². The van der Waals surface area contributed by atoms with Crippen molar-refractivity contribution in [3.63, 3.8) is 0 Å². The van der Waals surface area contributed by atoms with Crippen LogP contribution in [0.25, 0.3) is 32.9 Å². The highest BCUT2D eigenvalue weighted by molar-refractivity contribution is 9.10. The van der Waals surface area contributed by atoms with Crippen molar-refractivity contribution in [2.24, 2.45) is 5.92 Å². The van der Waals surface area contributed by atoms with Gasteiger partial charge in [0.05, 0.1) is 38.2 Å². The van der Waals surface area contributed by atoms with Crippen molar-refractivity contribution in [1.82, 2.24) is 19.4 Å². The highest BCUT2D eigenvalue weighted by Gasteiger charge is 2.56. The molecule has 5 heterocycles. The fourth-order valence-electron chi connectivity index (χ4n) is 8.23. The van der Waals surface area contributed by atoms with Gasteiger partial charge in [0.1, 0.15) is 22.6 Å². The first-order chi connectivity index (χ1) is 24.2. The van der Waals surface area contributed by atoms with Gasteiger partial charge in [-0.3, -0.25) is 9.69 Å². The number of hydrogen-bond donors (Lipinski definition) is 0. The van der Waals surface area contributed by atoms with Gasteiger partial charge in [-0.15, -0.1) is 17.0 Å². The first kappa shape index (κ1) is 38.8. The Hall–Kier alpha value is -2.95. The molecule has 1 saturated carbocycles. The smallest absolute Gasteiger partial charge is 0.410 e. The van der Waals surface area contributed by atoms with E-state index in [0.29, 0.717) is 33.0 Å². The second-order valence-electron chi connectivity index (χ2n) is 14.9. The van der Waals surface area contributed by atoms with Crippen LogP contribution in [0.3, 0.4) is 0 Å². The van der Waals surface area contributed by atoms with Gasteiger partial charge < -0.3 is 18.9 Å². The van der Waals surface area contributed by atoms with Crippen LogP contribution in [-0.4, -0.2) is 69.4 Å². The van der Waals surface area contributed by atoms with Crippen LogP contribution < -0.4 is 10.2 Å². The third-order valence-corrected chi connectivity index (χ3v) is 11.9. The van der Waals surface area contributed by atoms with E-state index in [2.05, 4.69) is 26.9 Å².